The van der Waals surface area contributed by atoms with E-state index in [-0.39, 0.29) is 17.1 Å². The van der Waals surface area contributed by atoms with E-state index in [1.54, 1.807) is 20.3 Å². The first kappa shape index (κ1) is 20.0. The monoisotopic (exact) mass is 354 g/mol. The number of ether oxygens (including phenoxy) is 2. The molecule has 1 aromatic rings. The van der Waals surface area contributed by atoms with Crippen molar-refractivity contribution in [3.05, 3.63) is 59.7 Å². The van der Waals surface area contributed by atoms with Gasteiger partial charge in [-0.05, 0) is 61.4 Å². The van der Waals surface area contributed by atoms with Gasteiger partial charge in [0.05, 0.1) is 14.2 Å². The van der Waals surface area contributed by atoms with Crippen LogP contribution in [0.5, 0.6) is 11.5 Å². The molecule has 1 aromatic carbocycles. The van der Waals surface area contributed by atoms with E-state index in [4.69, 9.17) is 9.47 Å². The van der Waals surface area contributed by atoms with E-state index in [0.29, 0.717) is 5.57 Å². The second-order valence-electron chi connectivity index (χ2n) is 7.67. The third kappa shape index (κ3) is 4.87. The molecule has 0 aliphatic heterocycles. The highest BCUT2D eigenvalue weighted by molar-refractivity contribution is 6.04. The standard InChI is InChI=1S/C23H30O3/c1-16-7-9-19(20-15-18(25-5)8-10-22(20)26-6)17(2)21(24)12-14-23(3,4)13-11-16/h8,10-12,14-15,19H,2,7,9,13H2,1,3-6H3/b14-12+,16-11+. The molecular formula is C23H30O3. The zero-order valence-corrected chi connectivity index (χ0v) is 16.6. The average Bonchev–Trinajstić information content (AvgIpc) is 2.65. The maximum absolute atomic E-state index is 12.8. The topological polar surface area (TPSA) is 35.5 Å². The molecular weight excluding hydrogens is 324 g/mol. The summed E-state index contributed by atoms with van der Waals surface area (Å²) < 4.78 is 10.9. The molecule has 1 unspecified atom stereocenters. The minimum atomic E-state index is -0.109. The summed E-state index contributed by atoms with van der Waals surface area (Å²) in [5.74, 6) is 1.37. The summed E-state index contributed by atoms with van der Waals surface area (Å²) in [7, 11) is 3.29. The molecule has 0 amide bonds. The number of methoxy groups -OCH3 is 2. The van der Waals surface area contributed by atoms with Crippen LogP contribution in [0.25, 0.3) is 0 Å². The molecule has 0 aromatic heterocycles. The number of rotatable bonds is 3. The predicted molar refractivity (Wildman–Crippen MR) is 107 cm³/mol. The average molecular weight is 354 g/mol. The van der Waals surface area contributed by atoms with Gasteiger partial charge in [-0.3, -0.25) is 4.79 Å². The van der Waals surface area contributed by atoms with Gasteiger partial charge in [0.1, 0.15) is 11.5 Å². The number of hydrogen-bond donors (Lipinski definition) is 0. The van der Waals surface area contributed by atoms with Crippen molar-refractivity contribution in [2.75, 3.05) is 14.2 Å². The molecule has 2 rings (SSSR count). The smallest absolute Gasteiger partial charge is 0.181 e. The minimum absolute atomic E-state index is 0.0208. The first-order chi connectivity index (χ1) is 12.3. The van der Waals surface area contributed by atoms with Crippen LogP contribution >= 0.6 is 0 Å². The van der Waals surface area contributed by atoms with Crippen molar-refractivity contribution in [3.8, 4) is 11.5 Å². The van der Waals surface area contributed by atoms with E-state index in [9.17, 15) is 4.79 Å². The number of allylic oxidation sites excluding steroid dienone is 5. The van der Waals surface area contributed by atoms with Gasteiger partial charge >= 0.3 is 0 Å². The van der Waals surface area contributed by atoms with Crippen LogP contribution in [0.4, 0.5) is 0 Å². The molecule has 3 heteroatoms. The molecule has 0 saturated heterocycles. The third-order valence-electron chi connectivity index (χ3n) is 5.04. The molecule has 0 spiro atoms. The third-order valence-corrected chi connectivity index (χ3v) is 5.04. The maximum Gasteiger partial charge on any atom is 0.181 e. The highest BCUT2D eigenvalue weighted by Crippen LogP contribution is 2.39. The molecule has 0 fully saturated rings. The highest BCUT2D eigenvalue weighted by Gasteiger charge is 2.25. The van der Waals surface area contributed by atoms with Crippen molar-refractivity contribution >= 4 is 5.78 Å². The summed E-state index contributed by atoms with van der Waals surface area (Å²) in [5, 5.41) is 0. The number of benzene rings is 1. The second-order valence-corrected chi connectivity index (χ2v) is 7.67. The minimum Gasteiger partial charge on any atom is -0.497 e. The number of hydrogen-bond acceptors (Lipinski definition) is 3. The van der Waals surface area contributed by atoms with Gasteiger partial charge in [0.25, 0.3) is 0 Å². The molecule has 1 aliphatic rings. The Bertz CT molecular complexity index is 738. The van der Waals surface area contributed by atoms with E-state index in [1.807, 2.05) is 24.3 Å². The highest BCUT2D eigenvalue weighted by atomic mass is 16.5. The second kappa shape index (κ2) is 8.39. The van der Waals surface area contributed by atoms with E-state index in [0.717, 1.165) is 36.3 Å². The van der Waals surface area contributed by atoms with E-state index >= 15 is 0 Å². The van der Waals surface area contributed by atoms with E-state index < -0.39 is 0 Å². The van der Waals surface area contributed by atoms with Gasteiger partial charge in [0.15, 0.2) is 5.78 Å². The number of carbonyl (C=O) groups excluding carboxylic acids is 1. The zero-order valence-electron chi connectivity index (χ0n) is 16.6. The van der Waals surface area contributed by atoms with E-state index in [1.165, 1.54) is 5.57 Å². The summed E-state index contributed by atoms with van der Waals surface area (Å²) in [6.07, 6.45) is 8.59. The fraction of sp³-hybridized carbons (Fsp3) is 0.435. The van der Waals surface area contributed by atoms with Crippen LogP contribution in [-0.4, -0.2) is 20.0 Å². The van der Waals surface area contributed by atoms with Crippen LogP contribution in [0.15, 0.2) is 54.2 Å². The molecule has 26 heavy (non-hydrogen) atoms. The van der Waals surface area contributed by atoms with Crippen molar-refractivity contribution in [3.63, 3.8) is 0 Å². The van der Waals surface area contributed by atoms with Gasteiger partial charge in [-0.25, -0.2) is 0 Å². The van der Waals surface area contributed by atoms with Gasteiger partial charge in [-0.1, -0.05) is 38.2 Å². The molecule has 1 atom stereocenters. The van der Waals surface area contributed by atoms with Crippen LogP contribution in [0.3, 0.4) is 0 Å². The fourth-order valence-corrected chi connectivity index (χ4v) is 3.19. The number of carbonyl (C=O) groups is 1. The zero-order chi connectivity index (χ0) is 19.3. The summed E-state index contributed by atoms with van der Waals surface area (Å²) in [5.41, 5.74) is 2.83. The van der Waals surface area contributed by atoms with Crippen LogP contribution in [0, 0.1) is 5.41 Å². The molecule has 3 nitrogen and oxygen atoms in total. The fourth-order valence-electron chi connectivity index (χ4n) is 3.19. The van der Waals surface area contributed by atoms with Crippen LogP contribution in [0.2, 0.25) is 0 Å². The molecule has 0 saturated carbocycles. The quantitative estimate of drug-likeness (QED) is 0.521. The Hall–Kier alpha value is -2.29. The maximum atomic E-state index is 12.8. The molecule has 0 heterocycles. The summed E-state index contributed by atoms with van der Waals surface area (Å²) >= 11 is 0. The summed E-state index contributed by atoms with van der Waals surface area (Å²) in [4.78, 5) is 12.8. The first-order valence-corrected chi connectivity index (χ1v) is 9.07. The van der Waals surface area contributed by atoms with Crippen molar-refractivity contribution in [2.45, 2.75) is 46.0 Å². The van der Waals surface area contributed by atoms with Crippen LogP contribution in [-0.2, 0) is 4.79 Å². The Balaban J connectivity index is 2.49. The Morgan fingerprint density at radius 1 is 1.19 bits per heavy atom. The van der Waals surface area contributed by atoms with E-state index in [2.05, 4.69) is 33.4 Å². The molecule has 1 aliphatic carbocycles. The van der Waals surface area contributed by atoms with Crippen molar-refractivity contribution in [2.24, 2.45) is 5.41 Å². The van der Waals surface area contributed by atoms with Gasteiger partial charge in [0.2, 0.25) is 0 Å². The first-order valence-electron chi connectivity index (χ1n) is 9.07. The lowest BCUT2D eigenvalue weighted by molar-refractivity contribution is -0.111. The van der Waals surface area contributed by atoms with Crippen molar-refractivity contribution in [1.29, 1.82) is 0 Å². The lowest BCUT2D eigenvalue weighted by atomic mass is 9.84. The number of ketones is 1. The Kier molecular flexibility index (Phi) is 6.47. The molecule has 0 radical (unpaired) electrons. The molecule has 140 valence electrons. The van der Waals surface area contributed by atoms with Gasteiger partial charge in [-0.15, -0.1) is 0 Å². The predicted octanol–water partition coefficient (Wildman–Crippen LogP) is 5.63. The molecule has 0 bridgehead atoms. The summed E-state index contributed by atoms with van der Waals surface area (Å²) in [6.45, 7) is 10.6. The van der Waals surface area contributed by atoms with Gasteiger partial charge in [-0.2, -0.15) is 0 Å². The van der Waals surface area contributed by atoms with Gasteiger partial charge in [0, 0.05) is 11.5 Å². The van der Waals surface area contributed by atoms with Crippen molar-refractivity contribution < 1.29 is 14.3 Å². The molecule has 0 N–H and O–H groups in total. The SMILES string of the molecule is C=C1C(=O)/C=C/C(C)(C)C/C=C(\C)CCC1c1cc(OC)ccc1OC. The Morgan fingerprint density at radius 3 is 2.58 bits per heavy atom. The van der Waals surface area contributed by atoms with Gasteiger partial charge < -0.3 is 9.47 Å². The van der Waals surface area contributed by atoms with Crippen LogP contribution < -0.4 is 9.47 Å². The Morgan fingerprint density at radius 2 is 1.92 bits per heavy atom. The largest absolute Gasteiger partial charge is 0.497 e. The lowest BCUT2D eigenvalue weighted by Gasteiger charge is -2.22. The summed E-state index contributed by atoms with van der Waals surface area (Å²) in [6, 6.07) is 5.71. The van der Waals surface area contributed by atoms with Crippen molar-refractivity contribution in [1.82, 2.24) is 0 Å². The Labute approximate surface area is 157 Å². The lowest BCUT2D eigenvalue weighted by Crippen LogP contribution is -2.12. The normalized spacial score (nSPS) is 24.2. The van der Waals surface area contributed by atoms with Crippen LogP contribution in [0.1, 0.15) is 51.5 Å².